The fraction of sp³-hybridized carbons (Fsp3) is 0.250. The van der Waals surface area contributed by atoms with Gasteiger partial charge in [0.05, 0.1) is 10.4 Å². The topological polar surface area (TPSA) is 105 Å². The lowest BCUT2D eigenvalue weighted by molar-refractivity contribution is 0.290. The number of nitrogens with zero attached hydrogens (tertiary/aromatic N) is 4. The van der Waals surface area contributed by atoms with Crippen molar-refractivity contribution in [2.45, 2.75) is 30.7 Å². The molecule has 0 spiro atoms. The van der Waals surface area contributed by atoms with Crippen LogP contribution >= 0.6 is 0 Å². The van der Waals surface area contributed by atoms with Gasteiger partial charge in [0.1, 0.15) is 11.7 Å². The molecule has 9 heteroatoms. The highest BCUT2D eigenvalue weighted by Gasteiger charge is 2.39. The van der Waals surface area contributed by atoms with E-state index in [4.69, 9.17) is 4.52 Å². The Morgan fingerprint density at radius 3 is 2.76 bits per heavy atom. The lowest BCUT2D eigenvalue weighted by Gasteiger charge is -2.21. The third-order valence-corrected chi connectivity index (χ3v) is 7.16. The van der Waals surface area contributed by atoms with Gasteiger partial charge < -0.3 is 4.52 Å². The van der Waals surface area contributed by atoms with Gasteiger partial charge in [0.25, 0.3) is 0 Å². The van der Waals surface area contributed by atoms with Gasteiger partial charge in [-0.3, -0.25) is 5.10 Å². The molecule has 1 saturated heterocycles. The first-order chi connectivity index (χ1) is 14.0. The molecular formula is C20H19N5O3S. The molecule has 148 valence electrons. The van der Waals surface area contributed by atoms with E-state index < -0.39 is 16.1 Å². The van der Waals surface area contributed by atoms with Crippen molar-refractivity contribution in [2.24, 2.45) is 0 Å². The van der Waals surface area contributed by atoms with Crippen LogP contribution < -0.4 is 0 Å². The molecule has 1 fully saturated rings. The van der Waals surface area contributed by atoms with Crippen molar-refractivity contribution in [3.8, 4) is 11.5 Å². The number of hydrogen-bond donors (Lipinski definition) is 1. The van der Waals surface area contributed by atoms with Crippen LogP contribution in [0.15, 0.2) is 57.9 Å². The van der Waals surface area contributed by atoms with Crippen molar-refractivity contribution in [1.82, 2.24) is 24.6 Å². The second kappa shape index (κ2) is 6.78. The summed E-state index contributed by atoms with van der Waals surface area (Å²) in [6.07, 6.45) is 1.37. The van der Waals surface area contributed by atoms with Crippen LogP contribution in [0.1, 0.15) is 30.3 Å². The molecule has 0 radical (unpaired) electrons. The summed E-state index contributed by atoms with van der Waals surface area (Å²) >= 11 is 0. The fourth-order valence-electron chi connectivity index (χ4n) is 3.72. The molecule has 3 heterocycles. The monoisotopic (exact) mass is 409 g/mol. The Hall–Kier alpha value is -3.04. The number of para-hydroxylation sites is 1. The molecule has 1 N–H and O–H groups in total. The molecule has 8 nitrogen and oxygen atoms in total. The first-order valence-corrected chi connectivity index (χ1v) is 10.8. The van der Waals surface area contributed by atoms with Crippen molar-refractivity contribution < 1.29 is 12.9 Å². The summed E-state index contributed by atoms with van der Waals surface area (Å²) in [6.45, 7) is 2.34. The second-order valence-corrected chi connectivity index (χ2v) is 9.05. The maximum Gasteiger partial charge on any atom is 0.245 e. The molecule has 2 aromatic carbocycles. The Morgan fingerprint density at radius 2 is 1.93 bits per heavy atom. The zero-order valence-corrected chi connectivity index (χ0v) is 16.6. The van der Waals surface area contributed by atoms with Crippen LogP contribution in [0.5, 0.6) is 0 Å². The highest BCUT2D eigenvalue weighted by Crippen LogP contribution is 2.36. The summed E-state index contributed by atoms with van der Waals surface area (Å²) in [6, 6.07) is 14.1. The van der Waals surface area contributed by atoms with E-state index in [0.717, 1.165) is 22.9 Å². The van der Waals surface area contributed by atoms with Gasteiger partial charge >= 0.3 is 0 Å². The summed E-state index contributed by atoms with van der Waals surface area (Å²) in [4.78, 5) is 4.76. The number of aryl methyl sites for hydroxylation is 1. The molecule has 1 unspecified atom stereocenters. The Kier molecular flexibility index (Phi) is 4.21. The quantitative estimate of drug-likeness (QED) is 0.553. The molecule has 5 rings (SSSR count). The zero-order chi connectivity index (χ0) is 20.0. The summed E-state index contributed by atoms with van der Waals surface area (Å²) in [5, 5.41) is 12.2. The molecule has 1 aliphatic heterocycles. The number of rotatable bonds is 4. The van der Waals surface area contributed by atoms with Crippen molar-refractivity contribution in [3.63, 3.8) is 0 Å². The predicted molar refractivity (Wildman–Crippen MR) is 106 cm³/mol. The van der Waals surface area contributed by atoms with Crippen molar-refractivity contribution in [1.29, 1.82) is 0 Å². The van der Waals surface area contributed by atoms with Crippen LogP contribution in [0.4, 0.5) is 0 Å². The zero-order valence-electron chi connectivity index (χ0n) is 15.7. The molecular weight excluding hydrogens is 390 g/mol. The molecule has 0 amide bonds. The molecule has 2 aromatic heterocycles. The van der Waals surface area contributed by atoms with E-state index in [1.807, 2.05) is 31.2 Å². The average molecular weight is 409 g/mol. The van der Waals surface area contributed by atoms with E-state index in [2.05, 4.69) is 20.3 Å². The van der Waals surface area contributed by atoms with Gasteiger partial charge in [-0.05, 0) is 38.0 Å². The third-order valence-electron chi connectivity index (χ3n) is 5.24. The van der Waals surface area contributed by atoms with Gasteiger partial charge in [0.15, 0.2) is 0 Å². The van der Waals surface area contributed by atoms with Crippen molar-refractivity contribution >= 4 is 20.9 Å². The third kappa shape index (κ3) is 3.02. The molecule has 29 heavy (non-hydrogen) atoms. The van der Waals surface area contributed by atoms with Gasteiger partial charge in [0.2, 0.25) is 21.7 Å². The van der Waals surface area contributed by atoms with Crippen LogP contribution in [-0.2, 0) is 10.0 Å². The second-order valence-electron chi connectivity index (χ2n) is 7.16. The summed E-state index contributed by atoms with van der Waals surface area (Å²) < 4.78 is 33.3. The number of hydrogen-bond acceptors (Lipinski definition) is 6. The summed E-state index contributed by atoms with van der Waals surface area (Å²) in [7, 11) is -3.65. The minimum atomic E-state index is -3.65. The number of nitrogens with one attached hydrogen (secondary N) is 1. The van der Waals surface area contributed by atoms with Crippen LogP contribution in [0.3, 0.4) is 0 Å². The van der Waals surface area contributed by atoms with Gasteiger partial charge in [-0.2, -0.15) is 14.4 Å². The number of sulfonamides is 1. The predicted octanol–water partition coefficient (Wildman–Crippen LogP) is 3.45. The standard InChI is InChI=1S/C20H19N5O3S/c1-13-8-10-14(11-9-13)29(26,27)25-12-4-7-17(25)20-21-19(24-28-20)18-15-5-2-3-6-16(15)22-23-18/h2-3,5-6,8-11,17H,4,7,12H2,1H3,(H,22,23). The molecule has 1 atom stereocenters. The number of H-pyrrole nitrogens is 1. The Labute approximate surface area is 167 Å². The molecule has 4 aromatic rings. The largest absolute Gasteiger partial charge is 0.337 e. The molecule has 0 bridgehead atoms. The average Bonchev–Trinajstić information content (AvgIpc) is 3.46. The SMILES string of the molecule is Cc1ccc(S(=O)(=O)N2CCCC2c2nc(-c3n[nH]c4ccccc34)no2)cc1. The highest BCUT2D eigenvalue weighted by atomic mass is 32.2. The fourth-order valence-corrected chi connectivity index (χ4v) is 5.37. The van der Waals surface area contributed by atoms with Crippen molar-refractivity contribution in [2.75, 3.05) is 6.54 Å². The first-order valence-electron chi connectivity index (χ1n) is 9.39. The molecule has 0 aliphatic carbocycles. The van der Waals surface area contributed by atoms with E-state index in [1.165, 1.54) is 4.31 Å². The van der Waals surface area contributed by atoms with Crippen LogP contribution in [-0.4, -0.2) is 39.6 Å². The van der Waals surface area contributed by atoms with Crippen molar-refractivity contribution in [3.05, 3.63) is 60.0 Å². The summed E-state index contributed by atoms with van der Waals surface area (Å²) in [5.41, 5.74) is 2.47. The van der Waals surface area contributed by atoms with Crippen LogP contribution in [0, 0.1) is 6.92 Å². The van der Waals surface area contributed by atoms with Crippen LogP contribution in [0.25, 0.3) is 22.4 Å². The Morgan fingerprint density at radius 1 is 1.14 bits per heavy atom. The number of aromatic nitrogens is 4. The molecule has 1 aliphatic rings. The number of aromatic amines is 1. The Balaban J connectivity index is 1.49. The number of benzene rings is 2. The minimum Gasteiger partial charge on any atom is -0.337 e. The van der Waals surface area contributed by atoms with Gasteiger partial charge in [-0.15, -0.1) is 0 Å². The lowest BCUT2D eigenvalue weighted by atomic mass is 10.2. The summed E-state index contributed by atoms with van der Waals surface area (Å²) in [5.74, 6) is 0.636. The smallest absolute Gasteiger partial charge is 0.245 e. The maximum atomic E-state index is 13.2. The van der Waals surface area contributed by atoms with E-state index in [9.17, 15) is 8.42 Å². The van der Waals surface area contributed by atoms with E-state index in [-0.39, 0.29) is 4.90 Å². The highest BCUT2D eigenvalue weighted by molar-refractivity contribution is 7.89. The van der Waals surface area contributed by atoms with Crippen LogP contribution in [0.2, 0.25) is 0 Å². The lowest BCUT2D eigenvalue weighted by Crippen LogP contribution is -2.30. The van der Waals surface area contributed by atoms with Gasteiger partial charge in [-0.1, -0.05) is 41.1 Å². The van der Waals surface area contributed by atoms with E-state index in [0.29, 0.717) is 30.4 Å². The Bertz CT molecular complexity index is 1280. The van der Waals surface area contributed by atoms with E-state index in [1.54, 1.807) is 24.3 Å². The number of fused-ring (bicyclic) bond motifs is 1. The van der Waals surface area contributed by atoms with Gasteiger partial charge in [0, 0.05) is 11.9 Å². The van der Waals surface area contributed by atoms with Gasteiger partial charge in [-0.25, -0.2) is 8.42 Å². The minimum absolute atomic E-state index is 0.271. The normalized spacial score (nSPS) is 17.9. The molecule has 0 saturated carbocycles. The first kappa shape index (κ1) is 18.0. The maximum absolute atomic E-state index is 13.2. The van der Waals surface area contributed by atoms with E-state index >= 15 is 0 Å².